The lowest BCUT2D eigenvalue weighted by atomic mass is 9.90. The fourth-order valence-corrected chi connectivity index (χ4v) is 4.31. The number of benzene rings is 1. The van der Waals surface area contributed by atoms with Crippen LogP contribution in [-0.4, -0.2) is 53.2 Å². The monoisotopic (exact) mass is 476 g/mol. The molecule has 11 heteroatoms. The maximum Gasteiger partial charge on any atom is 0.573 e. The number of piperidine rings is 1. The van der Waals surface area contributed by atoms with Crippen molar-refractivity contribution in [1.29, 1.82) is 0 Å². The highest BCUT2D eigenvalue weighted by Crippen LogP contribution is 2.31. The molecule has 0 radical (unpaired) electrons. The highest BCUT2D eigenvalue weighted by molar-refractivity contribution is 6.21. The fourth-order valence-electron chi connectivity index (χ4n) is 4.31. The van der Waals surface area contributed by atoms with E-state index in [1.165, 1.54) is 24.5 Å². The van der Waals surface area contributed by atoms with Crippen LogP contribution in [0, 0.1) is 0 Å². The molecule has 2 saturated heterocycles. The molecule has 180 valence electrons. The van der Waals surface area contributed by atoms with E-state index in [9.17, 15) is 27.6 Å². The summed E-state index contributed by atoms with van der Waals surface area (Å²) in [4.78, 5) is 45.6. The number of amides is 4. The van der Waals surface area contributed by atoms with Gasteiger partial charge in [-0.25, -0.2) is 9.69 Å². The van der Waals surface area contributed by atoms with Crippen molar-refractivity contribution in [3.63, 3.8) is 0 Å². The number of carbonyl (C=O) groups excluding carboxylic acids is 3. The van der Waals surface area contributed by atoms with Gasteiger partial charge in [0.15, 0.2) is 0 Å². The summed E-state index contributed by atoms with van der Waals surface area (Å²) in [5, 5.41) is 2.63. The van der Waals surface area contributed by atoms with Crippen molar-refractivity contribution in [2.24, 2.45) is 0 Å². The topological polar surface area (TPSA) is 91.8 Å². The zero-order valence-electron chi connectivity index (χ0n) is 18.3. The average molecular weight is 476 g/mol. The first-order valence-electron chi connectivity index (χ1n) is 10.9. The molecule has 0 bridgehead atoms. The summed E-state index contributed by atoms with van der Waals surface area (Å²) < 4.78 is 41.0. The number of imide groups is 1. The zero-order valence-corrected chi connectivity index (χ0v) is 18.3. The number of urea groups is 1. The number of likely N-dealkylation sites (tertiary alicyclic amines) is 1. The van der Waals surface area contributed by atoms with Crippen molar-refractivity contribution in [2.45, 2.75) is 44.5 Å². The third-order valence-electron chi connectivity index (χ3n) is 6.02. The molecule has 8 nitrogen and oxygen atoms in total. The standard InChI is InChI=1S/C23H23F3N4O4/c1-14(17-9-10-27-13-18(17)20(31)29-11-3-2-4-12-29)19-21(32)30(22(33)28-19)15-5-7-16(8-6-15)34-23(24,25)26/h5-10,13-14,19H,2-4,11-12H2,1H3,(H,28,33). The molecule has 0 saturated carbocycles. The number of nitrogens with zero attached hydrogens (tertiary/aromatic N) is 3. The number of hydrogen-bond donors (Lipinski definition) is 1. The Morgan fingerprint density at radius 1 is 1.12 bits per heavy atom. The number of hydrogen-bond acceptors (Lipinski definition) is 5. The Kier molecular flexibility index (Phi) is 6.45. The van der Waals surface area contributed by atoms with E-state index in [0.717, 1.165) is 36.3 Å². The molecule has 1 N–H and O–H groups in total. The molecule has 0 spiro atoms. The normalized spacial score (nSPS) is 19.7. The van der Waals surface area contributed by atoms with E-state index in [1.807, 2.05) is 0 Å². The quantitative estimate of drug-likeness (QED) is 0.663. The van der Waals surface area contributed by atoms with Gasteiger partial charge in [-0.3, -0.25) is 14.6 Å². The molecule has 2 fully saturated rings. The molecule has 2 unspecified atom stereocenters. The third kappa shape index (κ3) is 4.82. The van der Waals surface area contributed by atoms with Gasteiger partial charge in [-0.05, 0) is 55.2 Å². The Hall–Kier alpha value is -3.63. The Labute approximate surface area is 193 Å². The van der Waals surface area contributed by atoms with Gasteiger partial charge >= 0.3 is 12.4 Å². The molecule has 3 heterocycles. The summed E-state index contributed by atoms with van der Waals surface area (Å²) in [5.74, 6) is -1.76. The third-order valence-corrected chi connectivity index (χ3v) is 6.02. The Bertz CT molecular complexity index is 1080. The van der Waals surface area contributed by atoms with Crippen LogP contribution in [0.4, 0.5) is 23.7 Å². The van der Waals surface area contributed by atoms with Gasteiger partial charge < -0.3 is 15.0 Å². The minimum atomic E-state index is -4.85. The van der Waals surface area contributed by atoms with Crippen LogP contribution in [-0.2, 0) is 4.79 Å². The average Bonchev–Trinajstić information content (AvgIpc) is 3.12. The molecular weight excluding hydrogens is 453 g/mol. The summed E-state index contributed by atoms with van der Waals surface area (Å²) >= 11 is 0. The van der Waals surface area contributed by atoms with E-state index in [4.69, 9.17) is 0 Å². The second-order valence-electron chi connectivity index (χ2n) is 8.25. The first kappa shape index (κ1) is 23.5. The van der Waals surface area contributed by atoms with Gasteiger partial charge in [0.05, 0.1) is 11.3 Å². The van der Waals surface area contributed by atoms with Crippen LogP contribution in [0.25, 0.3) is 0 Å². The molecule has 1 aromatic heterocycles. The lowest BCUT2D eigenvalue weighted by molar-refractivity contribution is -0.274. The van der Waals surface area contributed by atoms with E-state index in [2.05, 4.69) is 15.0 Å². The molecule has 4 amide bonds. The van der Waals surface area contributed by atoms with Crippen molar-refractivity contribution >= 4 is 23.5 Å². The van der Waals surface area contributed by atoms with Crippen molar-refractivity contribution in [3.05, 3.63) is 53.9 Å². The Morgan fingerprint density at radius 2 is 1.79 bits per heavy atom. The summed E-state index contributed by atoms with van der Waals surface area (Å²) in [6.07, 6.45) is 1.07. The van der Waals surface area contributed by atoms with Crippen molar-refractivity contribution in [1.82, 2.24) is 15.2 Å². The largest absolute Gasteiger partial charge is 0.573 e. The number of nitrogens with one attached hydrogen (secondary N) is 1. The predicted octanol–water partition coefficient (Wildman–Crippen LogP) is 3.83. The van der Waals surface area contributed by atoms with Crippen LogP contribution < -0.4 is 15.0 Å². The number of ether oxygens (including phenoxy) is 1. The first-order chi connectivity index (χ1) is 16.2. The van der Waals surface area contributed by atoms with Crippen molar-refractivity contribution in [3.8, 4) is 5.75 Å². The Balaban J connectivity index is 1.54. The summed E-state index contributed by atoms with van der Waals surface area (Å²) in [6.45, 7) is 3.04. The lowest BCUT2D eigenvalue weighted by Gasteiger charge is -2.28. The van der Waals surface area contributed by atoms with Crippen LogP contribution in [0.2, 0.25) is 0 Å². The van der Waals surface area contributed by atoms with E-state index in [1.54, 1.807) is 17.9 Å². The van der Waals surface area contributed by atoms with E-state index < -0.39 is 36.0 Å². The van der Waals surface area contributed by atoms with Crippen LogP contribution in [0.15, 0.2) is 42.7 Å². The number of alkyl halides is 3. The van der Waals surface area contributed by atoms with Crippen LogP contribution in [0.5, 0.6) is 5.75 Å². The maximum absolute atomic E-state index is 13.1. The predicted molar refractivity (Wildman–Crippen MR) is 115 cm³/mol. The Morgan fingerprint density at radius 3 is 2.44 bits per heavy atom. The minimum absolute atomic E-state index is 0.103. The van der Waals surface area contributed by atoms with Gasteiger partial charge in [0.25, 0.3) is 11.8 Å². The molecule has 0 aliphatic carbocycles. The van der Waals surface area contributed by atoms with Crippen molar-refractivity contribution < 1.29 is 32.3 Å². The van der Waals surface area contributed by atoms with Crippen LogP contribution in [0.3, 0.4) is 0 Å². The molecular formula is C23H23F3N4O4. The smallest absolute Gasteiger partial charge is 0.406 e. The number of pyridine rings is 1. The van der Waals surface area contributed by atoms with Crippen molar-refractivity contribution in [2.75, 3.05) is 18.0 Å². The molecule has 34 heavy (non-hydrogen) atoms. The van der Waals surface area contributed by atoms with Gasteiger partial charge in [-0.1, -0.05) is 6.92 Å². The van der Waals surface area contributed by atoms with E-state index in [-0.39, 0.29) is 11.6 Å². The van der Waals surface area contributed by atoms with Crippen LogP contribution >= 0.6 is 0 Å². The fraction of sp³-hybridized carbons (Fsp3) is 0.391. The minimum Gasteiger partial charge on any atom is -0.406 e. The number of rotatable bonds is 5. The highest BCUT2D eigenvalue weighted by atomic mass is 19.4. The zero-order chi connectivity index (χ0) is 24.5. The SMILES string of the molecule is CC(c1ccncc1C(=O)N1CCCCC1)C1NC(=O)N(c2ccc(OC(F)(F)F)cc2)C1=O. The number of carbonyl (C=O) groups is 3. The lowest BCUT2D eigenvalue weighted by Crippen LogP contribution is -2.38. The number of anilines is 1. The summed E-state index contributed by atoms with van der Waals surface area (Å²) in [5.41, 5.74) is 1.07. The molecule has 1 aromatic carbocycles. The van der Waals surface area contributed by atoms with E-state index in [0.29, 0.717) is 24.2 Å². The molecule has 4 rings (SSSR count). The second kappa shape index (κ2) is 9.32. The maximum atomic E-state index is 13.1. The van der Waals surface area contributed by atoms with Gasteiger partial charge in [-0.2, -0.15) is 0 Å². The van der Waals surface area contributed by atoms with Gasteiger partial charge in [0, 0.05) is 31.4 Å². The molecule has 2 aromatic rings. The molecule has 2 atom stereocenters. The van der Waals surface area contributed by atoms with Gasteiger partial charge in [0.2, 0.25) is 0 Å². The van der Waals surface area contributed by atoms with Gasteiger partial charge in [-0.15, -0.1) is 13.2 Å². The summed E-state index contributed by atoms with van der Waals surface area (Å²) in [6, 6.07) is 4.44. The summed E-state index contributed by atoms with van der Waals surface area (Å²) in [7, 11) is 0. The van der Waals surface area contributed by atoms with Gasteiger partial charge in [0.1, 0.15) is 11.8 Å². The van der Waals surface area contributed by atoms with Crippen LogP contribution in [0.1, 0.15) is 48.0 Å². The number of aromatic nitrogens is 1. The second-order valence-corrected chi connectivity index (χ2v) is 8.25. The molecule has 2 aliphatic rings. The number of halogens is 3. The molecule has 2 aliphatic heterocycles. The highest BCUT2D eigenvalue weighted by Gasteiger charge is 2.43. The first-order valence-corrected chi connectivity index (χ1v) is 10.9. The van der Waals surface area contributed by atoms with E-state index >= 15 is 0 Å².